The van der Waals surface area contributed by atoms with E-state index >= 15 is 0 Å². The predicted octanol–water partition coefficient (Wildman–Crippen LogP) is 4.26. The number of aliphatic hydroxyl groups is 1. The minimum atomic E-state index is -1.18. The van der Waals surface area contributed by atoms with Gasteiger partial charge in [0.1, 0.15) is 0 Å². The number of hydrogen-bond donors (Lipinski definition) is 2. The normalized spacial score (nSPS) is 51.4. The SMILES string of the molecule is C[C@]12CC[C@H]3[C@@H](CCC4CC=CC[C@@]43C)[C@@H]1CC[C@@H]2C(O)C(=O)O. The van der Waals surface area contributed by atoms with Crippen molar-refractivity contribution in [3.8, 4) is 0 Å². The minimum absolute atomic E-state index is 0.0205. The first-order chi connectivity index (χ1) is 11.4. The van der Waals surface area contributed by atoms with Gasteiger partial charge in [-0.15, -0.1) is 0 Å². The molecule has 2 unspecified atom stereocenters. The molecule has 0 saturated heterocycles. The minimum Gasteiger partial charge on any atom is -0.479 e. The lowest BCUT2D eigenvalue weighted by molar-refractivity contribution is -0.156. The first-order valence-corrected chi connectivity index (χ1v) is 9.94. The van der Waals surface area contributed by atoms with E-state index in [2.05, 4.69) is 26.0 Å². The van der Waals surface area contributed by atoms with Crippen molar-refractivity contribution in [1.82, 2.24) is 0 Å². The lowest BCUT2D eigenvalue weighted by Gasteiger charge is -2.60. The van der Waals surface area contributed by atoms with Crippen molar-refractivity contribution < 1.29 is 15.0 Å². The second-order valence-corrected chi connectivity index (χ2v) is 9.58. The number of carboxylic acid groups (broad SMARTS) is 1. The molecule has 0 heterocycles. The van der Waals surface area contributed by atoms with Gasteiger partial charge in [-0.1, -0.05) is 26.0 Å². The van der Waals surface area contributed by atoms with Crippen molar-refractivity contribution >= 4 is 5.97 Å². The van der Waals surface area contributed by atoms with Crippen LogP contribution >= 0.6 is 0 Å². The first-order valence-electron chi connectivity index (χ1n) is 9.94. The van der Waals surface area contributed by atoms with Crippen molar-refractivity contribution in [3.63, 3.8) is 0 Å². The molecule has 0 amide bonds. The fourth-order valence-electron chi connectivity index (χ4n) is 7.57. The zero-order valence-electron chi connectivity index (χ0n) is 15.1. The Morgan fingerprint density at radius 1 is 1.04 bits per heavy atom. The van der Waals surface area contributed by atoms with Gasteiger partial charge in [0.15, 0.2) is 6.10 Å². The second kappa shape index (κ2) is 5.59. The van der Waals surface area contributed by atoms with E-state index in [0.29, 0.717) is 11.3 Å². The van der Waals surface area contributed by atoms with Crippen molar-refractivity contribution in [1.29, 1.82) is 0 Å². The van der Waals surface area contributed by atoms with Gasteiger partial charge in [0.05, 0.1) is 0 Å². The highest BCUT2D eigenvalue weighted by Gasteiger charge is 2.60. The molecule has 0 bridgehead atoms. The van der Waals surface area contributed by atoms with E-state index in [-0.39, 0.29) is 11.3 Å². The van der Waals surface area contributed by atoms with E-state index in [1.807, 2.05) is 0 Å². The average molecular weight is 332 g/mol. The summed E-state index contributed by atoms with van der Waals surface area (Å²) in [4.78, 5) is 11.4. The molecule has 3 saturated carbocycles. The largest absolute Gasteiger partial charge is 0.479 e. The summed E-state index contributed by atoms with van der Waals surface area (Å²) in [7, 11) is 0. The fraction of sp³-hybridized carbons (Fsp3) is 0.857. The van der Waals surface area contributed by atoms with Crippen LogP contribution in [-0.4, -0.2) is 22.3 Å². The van der Waals surface area contributed by atoms with Crippen molar-refractivity contribution in [2.24, 2.45) is 40.4 Å². The maximum atomic E-state index is 11.4. The summed E-state index contributed by atoms with van der Waals surface area (Å²) < 4.78 is 0. The summed E-state index contributed by atoms with van der Waals surface area (Å²) in [6, 6.07) is 0. The van der Waals surface area contributed by atoms with Gasteiger partial charge in [-0.3, -0.25) is 0 Å². The van der Waals surface area contributed by atoms with Crippen molar-refractivity contribution in [2.75, 3.05) is 0 Å². The van der Waals surface area contributed by atoms with Crippen LogP contribution < -0.4 is 0 Å². The van der Waals surface area contributed by atoms with E-state index in [4.69, 9.17) is 0 Å². The number of allylic oxidation sites excluding steroid dienone is 2. The Morgan fingerprint density at radius 2 is 1.79 bits per heavy atom. The zero-order chi connectivity index (χ0) is 17.1. The molecule has 3 fully saturated rings. The standard InChI is InChI=1S/C21H32O3/c1-20-11-4-3-5-13(20)6-7-14-15-8-9-17(18(22)19(23)24)21(15,2)12-10-16(14)20/h3-4,13-18,22H,5-12H2,1-2H3,(H,23,24)/t13?,14-,15-,16-,17+,18?,20-,21-/m0/s1. The van der Waals surface area contributed by atoms with Crippen LogP contribution in [0.25, 0.3) is 0 Å². The maximum Gasteiger partial charge on any atom is 0.332 e. The van der Waals surface area contributed by atoms with Crippen LogP contribution in [0.1, 0.15) is 65.2 Å². The summed E-state index contributed by atoms with van der Waals surface area (Å²) in [5.74, 6) is 1.89. The highest BCUT2D eigenvalue weighted by Crippen LogP contribution is 2.67. The van der Waals surface area contributed by atoms with E-state index in [0.717, 1.165) is 37.0 Å². The number of aliphatic hydroxyl groups excluding tert-OH is 1. The predicted molar refractivity (Wildman–Crippen MR) is 93.4 cm³/mol. The molecule has 2 N–H and O–H groups in total. The molecule has 0 aromatic rings. The Hall–Kier alpha value is -0.830. The number of aliphatic carboxylic acids is 1. The van der Waals surface area contributed by atoms with Crippen molar-refractivity contribution in [2.45, 2.75) is 71.3 Å². The average Bonchev–Trinajstić information content (AvgIpc) is 2.90. The highest BCUT2D eigenvalue weighted by molar-refractivity contribution is 5.72. The van der Waals surface area contributed by atoms with Gasteiger partial charge in [-0.25, -0.2) is 4.79 Å². The van der Waals surface area contributed by atoms with Gasteiger partial charge < -0.3 is 10.2 Å². The molecular weight excluding hydrogens is 300 g/mol. The molecule has 4 aliphatic rings. The van der Waals surface area contributed by atoms with Crippen LogP contribution in [0, 0.1) is 40.4 Å². The van der Waals surface area contributed by atoms with E-state index in [1.165, 1.54) is 32.1 Å². The third-order valence-corrected chi connectivity index (χ3v) is 8.92. The monoisotopic (exact) mass is 332 g/mol. The van der Waals surface area contributed by atoms with Crippen LogP contribution in [0.4, 0.5) is 0 Å². The highest BCUT2D eigenvalue weighted by atomic mass is 16.4. The zero-order valence-corrected chi connectivity index (χ0v) is 15.1. The van der Waals surface area contributed by atoms with Crippen LogP contribution in [0.3, 0.4) is 0 Å². The summed E-state index contributed by atoms with van der Waals surface area (Å²) in [6.45, 7) is 4.81. The quantitative estimate of drug-likeness (QED) is 0.743. The molecule has 0 spiro atoms. The molecule has 4 aliphatic carbocycles. The number of carbonyl (C=O) groups is 1. The Balaban J connectivity index is 1.62. The van der Waals surface area contributed by atoms with Crippen LogP contribution in [0.5, 0.6) is 0 Å². The van der Waals surface area contributed by atoms with Gasteiger partial charge in [-0.2, -0.15) is 0 Å². The fourth-order valence-corrected chi connectivity index (χ4v) is 7.57. The number of rotatable bonds is 2. The molecule has 3 heteroatoms. The van der Waals surface area contributed by atoms with Gasteiger partial charge >= 0.3 is 5.97 Å². The Kier molecular flexibility index (Phi) is 3.87. The molecule has 4 rings (SSSR count). The Bertz CT molecular complexity index is 555. The molecular formula is C21H32O3. The summed E-state index contributed by atoms with van der Waals surface area (Å²) in [5.41, 5.74) is 0.467. The molecule has 0 aromatic heterocycles. The molecule has 8 atom stereocenters. The first kappa shape index (κ1) is 16.6. The summed E-state index contributed by atoms with van der Waals surface area (Å²) in [5, 5.41) is 19.6. The topological polar surface area (TPSA) is 57.5 Å². The van der Waals surface area contributed by atoms with Crippen molar-refractivity contribution in [3.05, 3.63) is 12.2 Å². The van der Waals surface area contributed by atoms with Gasteiger partial charge in [0.2, 0.25) is 0 Å². The van der Waals surface area contributed by atoms with Gasteiger partial charge in [0.25, 0.3) is 0 Å². The van der Waals surface area contributed by atoms with E-state index in [9.17, 15) is 15.0 Å². The molecule has 0 aromatic carbocycles. The van der Waals surface area contributed by atoms with Crippen LogP contribution in [0.2, 0.25) is 0 Å². The Morgan fingerprint density at radius 3 is 2.54 bits per heavy atom. The van der Waals surface area contributed by atoms with Gasteiger partial charge in [-0.05, 0) is 85.9 Å². The second-order valence-electron chi connectivity index (χ2n) is 9.58. The summed E-state index contributed by atoms with van der Waals surface area (Å²) in [6.07, 6.45) is 13.1. The van der Waals surface area contributed by atoms with Gasteiger partial charge in [0, 0.05) is 5.92 Å². The molecule has 134 valence electrons. The molecule has 0 radical (unpaired) electrons. The molecule has 24 heavy (non-hydrogen) atoms. The van der Waals surface area contributed by atoms with Crippen LogP contribution in [0.15, 0.2) is 12.2 Å². The number of fused-ring (bicyclic) bond motifs is 5. The lowest BCUT2D eigenvalue weighted by atomic mass is 9.45. The van der Waals surface area contributed by atoms with E-state index < -0.39 is 12.1 Å². The lowest BCUT2D eigenvalue weighted by Crippen LogP contribution is -2.53. The third kappa shape index (κ3) is 2.16. The number of carboxylic acids is 1. The molecule has 3 nitrogen and oxygen atoms in total. The van der Waals surface area contributed by atoms with E-state index in [1.54, 1.807) is 0 Å². The third-order valence-electron chi connectivity index (χ3n) is 8.92. The number of hydrogen-bond acceptors (Lipinski definition) is 2. The summed E-state index contributed by atoms with van der Waals surface area (Å²) >= 11 is 0. The molecule has 0 aliphatic heterocycles. The maximum absolute atomic E-state index is 11.4. The Labute approximate surface area is 145 Å². The smallest absolute Gasteiger partial charge is 0.332 e. The van der Waals surface area contributed by atoms with Crippen LogP contribution in [-0.2, 0) is 4.79 Å².